The number of nitrogens with zero attached hydrogens (tertiary/aromatic N) is 4. The van der Waals surface area contributed by atoms with Crippen molar-refractivity contribution in [3.63, 3.8) is 0 Å². The van der Waals surface area contributed by atoms with Gasteiger partial charge in [0.25, 0.3) is 5.56 Å². The van der Waals surface area contributed by atoms with Gasteiger partial charge >= 0.3 is 5.69 Å². The number of hydrogen-bond acceptors (Lipinski definition) is 5. The number of anilines is 1. The molecule has 3 aromatic rings. The van der Waals surface area contributed by atoms with Crippen molar-refractivity contribution in [3.05, 3.63) is 38.3 Å². The fraction of sp³-hybridized carbons (Fsp3) is 0.444. The van der Waals surface area contributed by atoms with Crippen LogP contribution in [0.5, 0.6) is 0 Å². The van der Waals surface area contributed by atoms with E-state index >= 15 is 0 Å². The second-order valence-corrected chi connectivity index (χ2v) is 6.49. The van der Waals surface area contributed by atoms with E-state index in [-0.39, 0.29) is 11.2 Å². The van der Waals surface area contributed by atoms with E-state index in [0.29, 0.717) is 47.7 Å². The minimum atomic E-state index is -0.353. The van der Waals surface area contributed by atoms with Crippen molar-refractivity contribution in [1.82, 2.24) is 24.1 Å². The maximum atomic E-state index is 12.8. The molecule has 0 saturated heterocycles. The molecular formula is C18H24N6O2. The van der Waals surface area contributed by atoms with Crippen LogP contribution in [0, 0.1) is 13.8 Å². The van der Waals surface area contributed by atoms with Gasteiger partial charge in [-0.2, -0.15) is 0 Å². The van der Waals surface area contributed by atoms with Crippen LogP contribution in [0.4, 0.5) is 5.69 Å². The Morgan fingerprint density at radius 3 is 2.35 bits per heavy atom. The van der Waals surface area contributed by atoms with E-state index < -0.39 is 0 Å². The number of hydrogen-bond donors (Lipinski definition) is 2. The van der Waals surface area contributed by atoms with E-state index in [4.69, 9.17) is 5.73 Å². The highest BCUT2D eigenvalue weighted by atomic mass is 16.2. The molecule has 0 aromatic carbocycles. The largest absolute Gasteiger partial charge is 0.398 e. The molecule has 0 amide bonds. The summed E-state index contributed by atoms with van der Waals surface area (Å²) in [5, 5.41) is 0. The lowest BCUT2D eigenvalue weighted by atomic mass is 10.1. The Hall–Kier alpha value is -2.90. The molecule has 3 aromatic heterocycles. The number of aromatic amines is 1. The zero-order chi connectivity index (χ0) is 19.0. The number of fused-ring (bicyclic) bond motifs is 1. The van der Waals surface area contributed by atoms with Gasteiger partial charge in [-0.1, -0.05) is 13.8 Å². The SMILES string of the molecule is CCCn1c(=O)c2[nH]c(-c3c(N)cc(C)nc3C)nc2n(CCC)c1=O. The van der Waals surface area contributed by atoms with Crippen LogP contribution >= 0.6 is 0 Å². The van der Waals surface area contributed by atoms with E-state index in [2.05, 4.69) is 15.0 Å². The molecule has 0 unspecified atom stereocenters. The summed E-state index contributed by atoms with van der Waals surface area (Å²) in [7, 11) is 0. The second-order valence-electron chi connectivity index (χ2n) is 6.49. The fourth-order valence-corrected chi connectivity index (χ4v) is 3.30. The first kappa shape index (κ1) is 17.9. The number of rotatable bonds is 5. The maximum absolute atomic E-state index is 12.8. The molecule has 0 aliphatic heterocycles. The van der Waals surface area contributed by atoms with E-state index in [0.717, 1.165) is 17.8 Å². The smallest absolute Gasteiger partial charge is 0.332 e. The number of pyridine rings is 1. The minimum absolute atomic E-state index is 0.320. The summed E-state index contributed by atoms with van der Waals surface area (Å²) < 4.78 is 2.82. The number of nitrogens with one attached hydrogen (secondary N) is 1. The highest BCUT2D eigenvalue weighted by Gasteiger charge is 2.19. The summed E-state index contributed by atoms with van der Waals surface area (Å²) in [5.41, 5.74) is 8.90. The molecule has 0 bridgehead atoms. The van der Waals surface area contributed by atoms with Crippen molar-refractivity contribution in [1.29, 1.82) is 0 Å². The molecule has 8 heteroatoms. The first-order valence-electron chi connectivity index (χ1n) is 8.86. The van der Waals surface area contributed by atoms with Gasteiger partial charge in [-0.05, 0) is 32.8 Å². The van der Waals surface area contributed by atoms with Crippen LogP contribution in [-0.2, 0) is 13.1 Å². The Balaban J connectivity index is 2.36. The zero-order valence-corrected chi connectivity index (χ0v) is 15.6. The van der Waals surface area contributed by atoms with E-state index in [1.54, 1.807) is 10.6 Å². The number of nitrogens with two attached hydrogens (primary N) is 1. The maximum Gasteiger partial charge on any atom is 0.332 e. The van der Waals surface area contributed by atoms with Crippen LogP contribution in [0.3, 0.4) is 0 Å². The quantitative estimate of drug-likeness (QED) is 0.726. The van der Waals surface area contributed by atoms with Gasteiger partial charge in [-0.15, -0.1) is 0 Å². The number of imidazole rings is 1. The summed E-state index contributed by atoms with van der Waals surface area (Å²) in [6, 6.07) is 1.77. The van der Waals surface area contributed by atoms with Gasteiger partial charge in [0.2, 0.25) is 0 Å². The van der Waals surface area contributed by atoms with Crippen LogP contribution in [0.2, 0.25) is 0 Å². The predicted molar refractivity (Wildman–Crippen MR) is 102 cm³/mol. The monoisotopic (exact) mass is 356 g/mol. The highest BCUT2D eigenvalue weighted by Crippen LogP contribution is 2.27. The standard InChI is InChI=1S/C18H24N6O2/c1-5-7-23-16-14(17(25)24(8-6-2)18(23)26)21-15(22-16)13-11(4)20-10(3)9-12(13)19/h9H,5-8H2,1-4H3,(H2,19,20)(H,21,22). The topological polar surface area (TPSA) is 112 Å². The third kappa shape index (κ3) is 2.81. The first-order chi connectivity index (χ1) is 12.4. The molecule has 0 saturated carbocycles. The Morgan fingerprint density at radius 1 is 1.08 bits per heavy atom. The average molecular weight is 356 g/mol. The Kier molecular flexibility index (Phi) is 4.67. The van der Waals surface area contributed by atoms with Crippen molar-refractivity contribution in [3.8, 4) is 11.4 Å². The molecule has 0 aliphatic rings. The third-order valence-electron chi connectivity index (χ3n) is 4.35. The summed E-state index contributed by atoms with van der Waals surface area (Å²) in [4.78, 5) is 37.6. The zero-order valence-electron chi connectivity index (χ0n) is 15.6. The summed E-state index contributed by atoms with van der Waals surface area (Å²) in [6.07, 6.45) is 1.45. The van der Waals surface area contributed by atoms with Crippen LogP contribution < -0.4 is 17.0 Å². The van der Waals surface area contributed by atoms with E-state index in [1.165, 1.54) is 4.57 Å². The molecule has 0 radical (unpaired) electrons. The molecule has 0 aliphatic carbocycles. The molecule has 3 rings (SSSR count). The number of aromatic nitrogens is 5. The van der Waals surface area contributed by atoms with Crippen molar-refractivity contribution in [2.24, 2.45) is 0 Å². The van der Waals surface area contributed by atoms with Gasteiger partial charge in [-0.3, -0.25) is 18.9 Å². The number of aryl methyl sites for hydroxylation is 3. The Labute approximate surface area is 150 Å². The summed E-state index contributed by atoms with van der Waals surface area (Å²) >= 11 is 0. The highest BCUT2D eigenvalue weighted by molar-refractivity contribution is 5.81. The van der Waals surface area contributed by atoms with E-state index in [9.17, 15) is 9.59 Å². The lowest BCUT2D eigenvalue weighted by Gasteiger charge is -2.09. The summed E-state index contributed by atoms with van der Waals surface area (Å²) in [5.74, 6) is 0.457. The molecule has 3 N–H and O–H groups in total. The normalized spacial score (nSPS) is 11.4. The molecular weight excluding hydrogens is 332 g/mol. The van der Waals surface area contributed by atoms with E-state index in [1.807, 2.05) is 27.7 Å². The average Bonchev–Trinajstić information content (AvgIpc) is 2.99. The van der Waals surface area contributed by atoms with Gasteiger partial charge < -0.3 is 10.7 Å². The molecule has 0 spiro atoms. The molecule has 3 heterocycles. The molecule has 8 nitrogen and oxygen atoms in total. The fourth-order valence-electron chi connectivity index (χ4n) is 3.30. The molecule has 26 heavy (non-hydrogen) atoms. The van der Waals surface area contributed by atoms with Crippen LogP contribution in [0.15, 0.2) is 15.7 Å². The van der Waals surface area contributed by atoms with Crippen molar-refractivity contribution >= 4 is 16.9 Å². The number of nitrogen functional groups attached to an aromatic ring is 1. The Morgan fingerprint density at radius 2 is 1.73 bits per heavy atom. The lowest BCUT2D eigenvalue weighted by molar-refractivity contribution is 0.555. The summed E-state index contributed by atoms with van der Waals surface area (Å²) in [6.45, 7) is 8.49. The lowest BCUT2D eigenvalue weighted by Crippen LogP contribution is -2.40. The van der Waals surface area contributed by atoms with Gasteiger partial charge in [0.1, 0.15) is 11.3 Å². The van der Waals surface area contributed by atoms with Gasteiger partial charge in [-0.25, -0.2) is 9.78 Å². The van der Waals surface area contributed by atoms with Gasteiger partial charge in [0, 0.05) is 24.5 Å². The van der Waals surface area contributed by atoms with Crippen molar-refractivity contribution in [2.45, 2.75) is 53.6 Å². The van der Waals surface area contributed by atoms with Crippen LogP contribution in [0.1, 0.15) is 38.1 Å². The third-order valence-corrected chi connectivity index (χ3v) is 4.35. The molecule has 138 valence electrons. The molecule has 0 atom stereocenters. The second kappa shape index (κ2) is 6.78. The minimum Gasteiger partial charge on any atom is -0.398 e. The predicted octanol–water partition coefficient (Wildman–Crippen LogP) is 1.97. The number of H-pyrrole nitrogens is 1. The van der Waals surface area contributed by atoms with Crippen molar-refractivity contribution in [2.75, 3.05) is 5.73 Å². The molecule has 0 fully saturated rings. The Bertz CT molecular complexity index is 1070. The first-order valence-corrected chi connectivity index (χ1v) is 8.86. The van der Waals surface area contributed by atoms with Crippen LogP contribution in [0.25, 0.3) is 22.6 Å². The van der Waals surface area contributed by atoms with Crippen LogP contribution in [-0.4, -0.2) is 24.1 Å². The van der Waals surface area contributed by atoms with Gasteiger partial charge in [0.15, 0.2) is 5.65 Å². The van der Waals surface area contributed by atoms with Crippen molar-refractivity contribution < 1.29 is 0 Å². The van der Waals surface area contributed by atoms with Gasteiger partial charge in [0.05, 0.1) is 11.3 Å².